The third kappa shape index (κ3) is 2.89. The quantitative estimate of drug-likeness (QED) is 0.713. The molecule has 0 bridgehead atoms. The highest BCUT2D eigenvalue weighted by Crippen LogP contribution is 2.42. The lowest BCUT2D eigenvalue weighted by Gasteiger charge is -2.42. The fourth-order valence-corrected chi connectivity index (χ4v) is 2.76. The molecule has 0 spiro atoms. The van der Waals surface area contributed by atoms with Crippen LogP contribution >= 0.6 is 0 Å². The molecule has 2 aliphatic carbocycles. The van der Waals surface area contributed by atoms with E-state index in [4.69, 9.17) is 0 Å². The average molecular weight is 236 g/mol. The van der Waals surface area contributed by atoms with E-state index in [1.54, 1.807) is 0 Å². The summed E-state index contributed by atoms with van der Waals surface area (Å²) in [5.74, 6) is 2.16. The van der Waals surface area contributed by atoms with Crippen LogP contribution in [0.1, 0.15) is 33.6 Å². The number of hydrogen-bond donors (Lipinski definition) is 2. The molecule has 3 heteroatoms. The van der Waals surface area contributed by atoms with Crippen molar-refractivity contribution in [2.75, 3.05) is 6.54 Å². The molecule has 4 unspecified atom stereocenters. The number of rotatable bonds is 5. The predicted molar refractivity (Wildman–Crippen MR) is 69.6 cm³/mol. The Labute approximate surface area is 104 Å². The van der Waals surface area contributed by atoms with Gasteiger partial charge in [-0.15, -0.1) is 0 Å². The summed E-state index contributed by atoms with van der Waals surface area (Å²) < 4.78 is 0. The van der Waals surface area contributed by atoms with Gasteiger partial charge in [0.15, 0.2) is 0 Å². The minimum absolute atomic E-state index is 0.0753. The van der Waals surface area contributed by atoms with E-state index in [1.165, 1.54) is 12.8 Å². The molecule has 96 valence electrons. The molecular formula is C14H24N2O. The van der Waals surface area contributed by atoms with Crippen LogP contribution in [-0.2, 0) is 4.79 Å². The van der Waals surface area contributed by atoms with E-state index in [1.807, 2.05) is 6.92 Å². The van der Waals surface area contributed by atoms with Crippen molar-refractivity contribution >= 4 is 5.91 Å². The fourth-order valence-electron chi connectivity index (χ4n) is 2.76. The van der Waals surface area contributed by atoms with Gasteiger partial charge < -0.3 is 10.6 Å². The lowest BCUT2D eigenvalue weighted by atomic mass is 9.71. The smallest absolute Gasteiger partial charge is 0.236 e. The average Bonchev–Trinajstić information content (AvgIpc) is 2.63. The van der Waals surface area contributed by atoms with Gasteiger partial charge in [-0.1, -0.05) is 26.0 Å². The first-order valence-corrected chi connectivity index (χ1v) is 6.78. The molecule has 2 N–H and O–H groups in total. The Morgan fingerprint density at radius 1 is 1.41 bits per heavy atom. The van der Waals surface area contributed by atoms with Crippen molar-refractivity contribution < 1.29 is 4.79 Å². The number of carbonyl (C=O) groups excluding carboxylic acids is 1. The summed E-state index contributed by atoms with van der Waals surface area (Å²) in [5.41, 5.74) is 0. The Hall–Kier alpha value is -0.830. The zero-order valence-electron chi connectivity index (χ0n) is 11.1. The van der Waals surface area contributed by atoms with E-state index in [2.05, 4.69) is 36.6 Å². The largest absolute Gasteiger partial charge is 0.354 e. The minimum atomic E-state index is -0.0753. The van der Waals surface area contributed by atoms with Gasteiger partial charge in [-0.05, 0) is 37.5 Å². The molecule has 0 aromatic carbocycles. The van der Waals surface area contributed by atoms with Crippen LogP contribution in [0.5, 0.6) is 0 Å². The van der Waals surface area contributed by atoms with Crippen LogP contribution in [-0.4, -0.2) is 24.5 Å². The van der Waals surface area contributed by atoms with Crippen molar-refractivity contribution in [1.82, 2.24) is 10.6 Å². The van der Waals surface area contributed by atoms with E-state index in [0.717, 1.165) is 12.5 Å². The molecule has 1 fully saturated rings. The second kappa shape index (κ2) is 5.21. The predicted octanol–water partition coefficient (Wildman–Crippen LogP) is 1.70. The van der Waals surface area contributed by atoms with Crippen LogP contribution in [0.2, 0.25) is 0 Å². The number of hydrogen-bond acceptors (Lipinski definition) is 2. The third-order valence-electron chi connectivity index (χ3n) is 3.90. The van der Waals surface area contributed by atoms with Crippen LogP contribution in [0, 0.1) is 17.8 Å². The van der Waals surface area contributed by atoms with E-state index < -0.39 is 0 Å². The zero-order valence-corrected chi connectivity index (χ0v) is 11.1. The molecule has 2 aliphatic rings. The highest BCUT2D eigenvalue weighted by atomic mass is 16.2. The van der Waals surface area contributed by atoms with Crippen molar-refractivity contribution in [3.63, 3.8) is 0 Å². The molecule has 0 heterocycles. The SMILES string of the molecule is CC(C)CNC(=O)C(C)NC1CC2CC=CC21. The summed E-state index contributed by atoms with van der Waals surface area (Å²) >= 11 is 0. The topological polar surface area (TPSA) is 41.1 Å². The summed E-state index contributed by atoms with van der Waals surface area (Å²) in [6, 6.07) is 0.437. The van der Waals surface area contributed by atoms with Crippen molar-refractivity contribution in [2.24, 2.45) is 17.8 Å². The van der Waals surface area contributed by atoms with Gasteiger partial charge in [-0.3, -0.25) is 4.79 Å². The van der Waals surface area contributed by atoms with Crippen LogP contribution in [0.4, 0.5) is 0 Å². The monoisotopic (exact) mass is 236 g/mol. The Balaban J connectivity index is 1.71. The molecule has 0 saturated heterocycles. The maximum absolute atomic E-state index is 11.8. The molecule has 0 aliphatic heterocycles. The minimum Gasteiger partial charge on any atom is -0.354 e. The maximum Gasteiger partial charge on any atom is 0.236 e. The van der Waals surface area contributed by atoms with Crippen molar-refractivity contribution in [2.45, 2.75) is 45.7 Å². The number of allylic oxidation sites excluding steroid dienone is 1. The highest BCUT2D eigenvalue weighted by Gasteiger charge is 2.41. The van der Waals surface area contributed by atoms with E-state index in [0.29, 0.717) is 17.9 Å². The molecule has 1 amide bonds. The number of nitrogens with one attached hydrogen (secondary N) is 2. The molecule has 17 heavy (non-hydrogen) atoms. The van der Waals surface area contributed by atoms with Crippen LogP contribution in [0.15, 0.2) is 12.2 Å². The molecule has 4 atom stereocenters. The molecule has 0 aromatic heterocycles. The van der Waals surface area contributed by atoms with E-state index >= 15 is 0 Å². The van der Waals surface area contributed by atoms with Crippen molar-refractivity contribution in [3.05, 3.63) is 12.2 Å². The summed E-state index contributed by atoms with van der Waals surface area (Å²) in [7, 11) is 0. The van der Waals surface area contributed by atoms with Gasteiger partial charge in [-0.25, -0.2) is 0 Å². The van der Waals surface area contributed by atoms with Gasteiger partial charge >= 0.3 is 0 Å². The second-order valence-electron chi connectivity index (χ2n) is 5.87. The Morgan fingerprint density at radius 2 is 2.18 bits per heavy atom. The third-order valence-corrected chi connectivity index (χ3v) is 3.90. The summed E-state index contributed by atoms with van der Waals surface area (Å²) in [6.07, 6.45) is 7.04. The van der Waals surface area contributed by atoms with Crippen molar-refractivity contribution in [1.29, 1.82) is 0 Å². The molecule has 0 aromatic rings. The van der Waals surface area contributed by atoms with Crippen LogP contribution in [0.3, 0.4) is 0 Å². The van der Waals surface area contributed by atoms with Gasteiger partial charge in [-0.2, -0.15) is 0 Å². The molecular weight excluding hydrogens is 212 g/mol. The van der Waals surface area contributed by atoms with Crippen LogP contribution < -0.4 is 10.6 Å². The zero-order chi connectivity index (χ0) is 12.4. The van der Waals surface area contributed by atoms with Gasteiger partial charge in [0, 0.05) is 12.6 Å². The number of fused-ring (bicyclic) bond motifs is 1. The Bertz CT molecular complexity index is 311. The Kier molecular flexibility index (Phi) is 3.87. The van der Waals surface area contributed by atoms with E-state index in [9.17, 15) is 4.79 Å². The molecule has 2 rings (SSSR count). The first-order chi connectivity index (χ1) is 8.08. The summed E-state index contributed by atoms with van der Waals surface area (Å²) in [4.78, 5) is 11.8. The fraction of sp³-hybridized carbons (Fsp3) is 0.786. The normalized spacial score (nSPS) is 32.1. The van der Waals surface area contributed by atoms with Gasteiger partial charge in [0.25, 0.3) is 0 Å². The van der Waals surface area contributed by atoms with Gasteiger partial charge in [0.05, 0.1) is 6.04 Å². The highest BCUT2D eigenvalue weighted by molar-refractivity contribution is 5.81. The molecule has 0 radical (unpaired) electrons. The van der Waals surface area contributed by atoms with Crippen LogP contribution in [0.25, 0.3) is 0 Å². The first kappa shape index (κ1) is 12.6. The van der Waals surface area contributed by atoms with Crippen molar-refractivity contribution in [3.8, 4) is 0 Å². The van der Waals surface area contributed by atoms with Gasteiger partial charge in [0.1, 0.15) is 0 Å². The van der Waals surface area contributed by atoms with E-state index in [-0.39, 0.29) is 11.9 Å². The summed E-state index contributed by atoms with van der Waals surface area (Å²) in [6.45, 7) is 6.94. The standard InChI is InChI=1S/C14H24N2O/c1-9(2)8-15-14(17)10(3)16-13-7-11-5-4-6-12(11)13/h4,6,9-13,16H,5,7-8H2,1-3H3,(H,15,17). The first-order valence-electron chi connectivity index (χ1n) is 6.78. The second-order valence-corrected chi connectivity index (χ2v) is 5.87. The Morgan fingerprint density at radius 3 is 2.82 bits per heavy atom. The lowest BCUT2D eigenvalue weighted by Crippen LogP contribution is -2.55. The lowest BCUT2D eigenvalue weighted by molar-refractivity contribution is -0.123. The molecule has 1 saturated carbocycles. The summed E-state index contributed by atoms with van der Waals surface area (Å²) in [5, 5.41) is 6.42. The number of carbonyl (C=O) groups is 1. The number of amides is 1. The van der Waals surface area contributed by atoms with Gasteiger partial charge in [0.2, 0.25) is 5.91 Å². The molecule has 3 nitrogen and oxygen atoms in total. The maximum atomic E-state index is 11.8.